The molecule has 0 fully saturated rings. The van der Waals surface area contributed by atoms with Gasteiger partial charge in [-0.1, -0.05) is 18.2 Å². The topological polar surface area (TPSA) is 15.3 Å². The van der Waals surface area contributed by atoms with Gasteiger partial charge in [-0.05, 0) is 90.1 Å². The average Bonchev–Trinajstić information content (AvgIpc) is 2.98. The summed E-state index contributed by atoms with van der Waals surface area (Å²) in [6.07, 6.45) is 11.5. The maximum Gasteiger partial charge on any atom is 0.0674 e. The molecule has 2 aromatic carbocycles. The first-order valence-electron chi connectivity index (χ1n) is 9.43. The molecule has 6 rings (SSSR count). The van der Waals surface area contributed by atoms with Crippen LogP contribution in [0.15, 0.2) is 41.5 Å². The summed E-state index contributed by atoms with van der Waals surface area (Å²) in [5, 5.41) is 5.35. The zero-order valence-corrected chi connectivity index (χ0v) is 14.0. The van der Waals surface area contributed by atoms with Gasteiger partial charge in [0.05, 0.1) is 17.9 Å². The van der Waals surface area contributed by atoms with E-state index in [9.17, 15) is 0 Å². The molecule has 0 saturated carbocycles. The van der Waals surface area contributed by atoms with Gasteiger partial charge in [0.2, 0.25) is 0 Å². The highest BCUT2D eigenvalue weighted by Crippen LogP contribution is 2.47. The van der Waals surface area contributed by atoms with E-state index in [1.165, 1.54) is 78.2 Å². The van der Waals surface area contributed by atoms with Gasteiger partial charge >= 0.3 is 0 Å². The Morgan fingerprint density at radius 1 is 0.958 bits per heavy atom. The molecule has 24 heavy (non-hydrogen) atoms. The quantitative estimate of drug-likeness (QED) is 0.719. The SMILES string of the molecule is C1=C2c3cc4cccc5c4c(c3NN2CC2=C1CCCC2)CCC5. The highest BCUT2D eigenvalue weighted by molar-refractivity contribution is 6.00. The second kappa shape index (κ2) is 4.66. The van der Waals surface area contributed by atoms with Gasteiger partial charge in [0.25, 0.3) is 0 Å². The molecule has 2 nitrogen and oxygen atoms in total. The molecule has 0 atom stereocenters. The molecule has 0 unspecified atom stereocenters. The Labute approximate surface area is 142 Å². The van der Waals surface area contributed by atoms with Gasteiger partial charge in [-0.15, -0.1) is 0 Å². The second-order valence-electron chi connectivity index (χ2n) is 7.71. The van der Waals surface area contributed by atoms with Crippen molar-refractivity contribution in [1.29, 1.82) is 0 Å². The smallest absolute Gasteiger partial charge is 0.0674 e. The summed E-state index contributed by atoms with van der Waals surface area (Å²) in [7, 11) is 0. The van der Waals surface area contributed by atoms with Crippen LogP contribution in [0.3, 0.4) is 0 Å². The summed E-state index contributed by atoms with van der Waals surface area (Å²) in [5.41, 5.74) is 14.4. The van der Waals surface area contributed by atoms with Crippen molar-refractivity contribution in [2.45, 2.75) is 44.9 Å². The van der Waals surface area contributed by atoms with Crippen LogP contribution in [0.2, 0.25) is 0 Å². The summed E-state index contributed by atoms with van der Waals surface area (Å²) in [5.74, 6) is 0. The van der Waals surface area contributed by atoms with Crippen LogP contribution in [0, 0.1) is 0 Å². The third-order valence-corrected chi connectivity index (χ3v) is 6.33. The minimum atomic E-state index is 1.07. The molecular formula is C22H22N2. The van der Waals surface area contributed by atoms with Crippen molar-refractivity contribution in [1.82, 2.24) is 5.01 Å². The van der Waals surface area contributed by atoms with E-state index in [2.05, 4.69) is 40.8 Å². The summed E-state index contributed by atoms with van der Waals surface area (Å²) < 4.78 is 0. The molecule has 1 N–H and O–H groups in total. The highest BCUT2D eigenvalue weighted by atomic mass is 15.5. The van der Waals surface area contributed by atoms with E-state index in [1.54, 1.807) is 16.7 Å². The molecule has 2 aliphatic heterocycles. The first kappa shape index (κ1) is 13.1. The van der Waals surface area contributed by atoms with Crippen LogP contribution >= 0.6 is 0 Å². The fourth-order valence-electron chi connectivity index (χ4n) is 5.19. The van der Waals surface area contributed by atoms with Gasteiger partial charge in [0.15, 0.2) is 0 Å². The van der Waals surface area contributed by atoms with Crippen molar-refractivity contribution in [3.05, 3.63) is 58.2 Å². The van der Waals surface area contributed by atoms with Crippen molar-refractivity contribution in [3.63, 3.8) is 0 Å². The number of rotatable bonds is 0. The molecule has 2 aliphatic carbocycles. The predicted molar refractivity (Wildman–Crippen MR) is 99.8 cm³/mol. The number of allylic oxidation sites excluding steroid dienone is 2. The monoisotopic (exact) mass is 314 g/mol. The lowest BCUT2D eigenvalue weighted by atomic mass is 9.84. The van der Waals surface area contributed by atoms with Crippen LogP contribution < -0.4 is 5.43 Å². The number of anilines is 1. The molecule has 0 spiro atoms. The molecule has 2 aromatic rings. The fraction of sp³-hybridized carbons (Fsp3) is 0.364. The first-order valence-corrected chi connectivity index (χ1v) is 9.43. The van der Waals surface area contributed by atoms with E-state index in [-0.39, 0.29) is 0 Å². The third kappa shape index (κ3) is 1.66. The van der Waals surface area contributed by atoms with Crippen molar-refractivity contribution in [2.24, 2.45) is 0 Å². The predicted octanol–water partition coefficient (Wildman–Crippen LogP) is 5.20. The van der Waals surface area contributed by atoms with Gasteiger partial charge in [-0.2, -0.15) is 0 Å². The maximum absolute atomic E-state index is 3.77. The molecule has 0 saturated heterocycles. The normalized spacial score (nSPS) is 21.2. The van der Waals surface area contributed by atoms with Crippen molar-refractivity contribution in [3.8, 4) is 0 Å². The largest absolute Gasteiger partial charge is 0.297 e. The number of nitrogens with zero attached hydrogens (tertiary/aromatic N) is 1. The lowest BCUT2D eigenvalue weighted by molar-refractivity contribution is 0.491. The Bertz CT molecular complexity index is 948. The molecule has 0 radical (unpaired) electrons. The highest BCUT2D eigenvalue weighted by Gasteiger charge is 2.32. The molecule has 2 heterocycles. The minimum Gasteiger partial charge on any atom is -0.297 e. The van der Waals surface area contributed by atoms with Gasteiger partial charge in [0, 0.05) is 5.56 Å². The second-order valence-corrected chi connectivity index (χ2v) is 7.71. The van der Waals surface area contributed by atoms with Crippen molar-refractivity contribution >= 4 is 22.2 Å². The molecule has 0 amide bonds. The van der Waals surface area contributed by atoms with E-state index in [4.69, 9.17) is 0 Å². The molecule has 4 aliphatic rings. The van der Waals surface area contributed by atoms with Crippen LogP contribution in [0.5, 0.6) is 0 Å². The lowest BCUT2D eigenvalue weighted by Gasteiger charge is -2.30. The summed E-state index contributed by atoms with van der Waals surface area (Å²) >= 11 is 0. The standard InChI is InChI=1S/C22H22N2/c1-2-6-17-13-24-20(12-15(17)5-1)19-11-16-9-3-7-14-8-4-10-18(21(14)16)22(19)23-24/h3,7,9,11-12,23H,1-2,4-6,8,10,13H2. The minimum absolute atomic E-state index is 1.07. The zero-order chi connectivity index (χ0) is 15.7. The van der Waals surface area contributed by atoms with Crippen LogP contribution in [0.25, 0.3) is 16.5 Å². The summed E-state index contributed by atoms with van der Waals surface area (Å²) in [6.45, 7) is 1.07. The first-order chi connectivity index (χ1) is 11.9. The number of aryl methyl sites for hydroxylation is 2. The van der Waals surface area contributed by atoms with Gasteiger partial charge in [-0.3, -0.25) is 10.4 Å². The Morgan fingerprint density at radius 3 is 2.92 bits per heavy atom. The zero-order valence-electron chi connectivity index (χ0n) is 14.0. The summed E-state index contributed by atoms with van der Waals surface area (Å²) in [4.78, 5) is 0. The van der Waals surface area contributed by atoms with E-state index < -0.39 is 0 Å². The number of benzene rings is 2. The molecular weight excluding hydrogens is 292 g/mol. The maximum atomic E-state index is 3.77. The Morgan fingerprint density at radius 2 is 1.92 bits per heavy atom. The van der Waals surface area contributed by atoms with Crippen LogP contribution in [-0.4, -0.2) is 11.6 Å². The van der Waals surface area contributed by atoms with Gasteiger partial charge in [-0.25, -0.2) is 0 Å². The third-order valence-electron chi connectivity index (χ3n) is 6.33. The Kier molecular flexibility index (Phi) is 2.54. The van der Waals surface area contributed by atoms with E-state index >= 15 is 0 Å². The van der Waals surface area contributed by atoms with Gasteiger partial charge < -0.3 is 0 Å². The number of hydrogen-bond acceptors (Lipinski definition) is 2. The lowest BCUT2D eigenvalue weighted by Crippen LogP contribution is -2.29. The number of fused-ring (bicyclic) bond motifs is 4. The van der Waals surface area contributed by atoms with Crippen LogP contribution in [-0.2, 0) is 12.8 Å². The van der Waals surface area contributed by atoms with Crippen LogP contribution in [0.1, 0.15) is 48.8 Å². The Balaban J connectivity index is 1.60. The number of hydrazine groups is 1. The van der Waals surface area contributed by atoms with Crippen LogP contribution in [0.4, 0.5) is 5.69 Å². The number of nitrogens with one attached hydrogen (secondary N) is 1. The molecule has 0 bridgehead atoms. The van der Waals surface area contributed by atoms with Crippen molar-refractivity contribution in [2.75, 3.05) is 12.0 Å². The molecule has 120 valence electrons. The van der Waals surface area contributed by atoms with Gasteiger partial charge in [0.1, 0.15) is 0 Å². The molecule has 0 aromatic heterocycles. The average molecular weight is 314 g/mol. The Hall–Kier alpha value is -2.22. The summed E-state index contributed by atoms with van der Waals surface area (Å²) in [6, 6.07) is 9.27. The van der Waals surface area contributed by atoms with Crippen molar-refractivity contribution < 1.29 is 0 Å². The van der Waals surface area contributed by atoms with E-state index in [1.807, 2.05) is 0 Å². The number of hydrogen-bond donors (Lipinski definition) is 1. The molecule has 2 heteroatoms. The van der Waals surface area contributed by atoms with E-state index in [0.29, 0.717) is 0 Å². The van der Waals surface area contributed by atoms with E-state index in [0.717, 1.165) is 6.54 Å². The fourth-order valence-corrected chi connectivity index (χ4v) is 5.19.